The number of hydrogen-bond acceptors (Lipinski definition) is 5. The van der Waals surface area contributed by atoms with E-state index in [0.717, 1.165) is 22.0 Å². The highest BCUT2D eigenvalue weighted by atomic mass is 32.2. The first-order valence-electron chi connectivity index (χ1n) is 7.29. The maximum absolute atomic E-state index is 12.3. The van der Waals surface area contributed by atoms with E-state index in [-0.39, 0.29) is 18.5 Å². The van der Waals surface area contributed by atoms with Gasteiger partial charge in [-0.2, -0.15) is 11.8 Å². The second kappa shape index (κ2) is 7.14. The molecule has 1 aliphatic heterocycles. The van der Waals surface area contributed by atoms with Gasteiger partial charge in [-0.3, -0.25) is 9.69 Å². The SMILES string of the molecule is CSCCC1NC(=O)N(Cc2csc(-c3ccccc3)n2)C1=O. The lowest BCUT2D eigenvalue weighted by Crippen LogP contribution is -2.31. The van der Waals surface area contributed by atoms with Gasteiger partial charge in [0, 0.05) is 10.9 Å². The summed E-state index contributed by atoms with van der Waals surface area (Å²) in [5.74, 6) is 0.692. The third-order valence-electron chi connectivity index (χ3n) is 3.61. The molecule has 0 saturated carbocycles. The maximum atomic E-state index is 12.3. The van der Waals surface area contributed by atoms with Crippen LogP contribution in [-0.2, 0) is 11.3 Å². The second-order valence-electron chi connectivity index (χ2n) is 5.22. The van der Waals surface area contributed by atoms with Gasteiger partial charge in [-0.1, -0.05) is 30.3 Å². The van der Waals surface area contributed by atoms with Crippen molar-refractivity contribution in [2.24, 2.45) is 0 Å². The predicted molar refractivity (Wildman–Crippen MR) is 93.4 cm³/mol. The van der Waals surface area contributed by atoms with Gasteiger partial charge >= 0.3 is 6.03 Å². The largest absolute Gasteiger partial charge is 0.326 e. The van der Waals surface area contributed by atoms with Gasteiger partial charge in [0.25, 0.3) is 5.91 Å². The number of carbonyl (C=O) groups excluding carboxylic acids is 2. The number of imide groups is 1. The summed E-state index contributed by atoms with van der Waals surface area (Å²) >= 11 is 3.18. The zero-order valence-corrected chi connectivity index (χ0v) is 14.3. The lowest BCUT2D eigenvalue weighted by Gasteiger charge is -2.11. The molecule has 1 aliphatic rings. The van der Waals surface area contributed by atoms with Crippen molar-refractivity contribution >= 4 is 35.0 Å². The van der Waals surface area contributed by atoms with Crippen LogP contribution in [0.5, 0.6) is 0 Å². The molecule has 0 spiro atoms. The summed E-state index contributed by atoms with van der Waals surface area (Å²) in [4.78, 5) is 30.1. The molecule has 120 valence electrons. The first-order chi connectivity index (χ1) is 11.2. The van der Waals surface area contributed by atoms with Gasteiger partial charge in [-0.25, -0.2) is 9.78 Å². The summed E-state index contributed by atoms with van der Waals surface area (Å²) in [6.07, 6.45) is 2.65. The molecule has 1 N–H and O–H groups in total. The van der Waals surface area contributed by atoms with Crippen molar-refractivity contribution < 1.29 is 9.59 Å². The predicted octanol–water partition coefficient (Wildman–Crippen LogP) is 2.98. The van der Waals surface area contributed by atoms with Gasteiger partial charge in [0.05, 0.1) is 12.2 Å². The van der Waals surface area contributed by atoms with Crippen molar-refractivity contribution in [1.82, 2.24) is 15.2 Å². The Morgan fingerprint density at radius 3 is 2.83 bits per heavy atom. The summed E-state index contributed by atoms with van der Waals surface area (Å²) in [5.41, 5.74) is 1.78. The topological polar surface area (TPSA) is 62.3 Å². The van der Waals surface area contributed by atoms with Crippen LogP contribution >= 0.6 is 23.1 Å². The number of hydrogen-bond donors (Lipinski definition) is 1. The lowest BCUT2D eigenvalue weighted by molar-refractivity contribution is -0.127. The van der Waals surface area contributed by atoms with Gasteiger partial charge in [-0.05, 0) is 18.4 Å². The smallest absolute Gasteiger partial charge is 0.325 e. The van der Waals surface area contributed by atoms with Crippen LogP contribution in [0.15, 0.2) is 35.7 Å². The van der Waals surface area contributed by atoms with Gasteiger partial charge < -0.3 is 5.32 Å². The number of carbonyl (C=O) groups is 2. The number of aromatic nitrogens is 1. The monoisotopic (exact) mass is 347 g/mol. The van der Waals surface area contributed by atoms with E-state index in [1.54, 1.807) is 11.8 Å². The number of thiazole rings is 1. The number of rotatable bonds is 6. The van der Waals surface area contributed by atoms with Crippen LogP contribution in [-0.4, -0.2) is 39.9 Å². The molecule has 3 amide bonds. The molecule has 1 fully saturated rings. The van der Waals surface area contributed by atoms with E-state index < -0.39 is 6.04 Å². The number of nitrogens with zero attached hydrogens (tertiary/aromatic N) is 2. The van der Waals surface area contributed by atoms with Gasteiger partial charge in [0.15, 0.2) is 0 Å². The molecule has 2 heterocycles. The standard InChI is InChI=1S/C16H17N3O2S2/c1-22-8-7-13-15(20)19(16(21)18-13)9-12-10-23-14(17-12)11-5-3-2-4-6-11/h2-6,10,13H,7-9H2,1H3,(H,18,21). The van der Waals surface area contributed by atoms with E-state index in [1.165, 1.54) is 16.2 Å². The van der Waals surface area contributed by atoms with Crippen molar-refractivity contribution in [3.8, 4) is 10.6 Å². The Balaban J connectivity index is 1.69. The van der Waals surface area contributed by atoms with E-state index >= 15 is 0 Å². The molecule has 1 saturated heterocycles. The highest BCUT2D eigenvalue weighted by Gasteiger charge is 2.37. The lowest BCUT2D eigenvalue weighted by atomic mass is 10.2. The molecule has 2 aromatic rings. The fourth-order valence-electron chi connectivity index (χ4n) is 2.41. The quantitative estimate of drug-likeness (QED) is 0.816. The normalized spacial score (nSPS) is 17.6. The highest BCUT2D eigenvalue weighted by molar-refractivity contribution is 7.98. The third-order valence-corrected chi connectivity index (χ3v) is 5.19. The van der Waals surface area contributed by atoms with Crippen LogP contribution in [0.2, 0.25) is 0 Å². The molecule has 0 bridgehead atoms. The fraction of sp³-hybridized carbons (Fsp3) is 0.312. The molecule has 3 rings (SSSR count). The van der Waals surface area contributed by atoms with Crippen molar-refractivity contribution in [1.29, 1.82) is 0 Å². The minimum atomic E-state index is -0.401. The molecule has 1 aromatic heterocycles. The Morgan fingerprint density at radius 2 is 2.09 bits per heavy atom. The maximum Gasteiger partial charge on any atom is 0.325 e. The third kappa shape index (κ3) is 3.56. The summed E-state index contributed by atoms with van der Waals surface area (Å²) in [5, 5.41) is 5.54. The Labute approximate surface area is 143 Å². The molecule has 5 nitrogen and oxygen atoms in total. The van der Waals surface area contributed by atoms with Gasteiger partial charge in [0.1, 0.15) is 11.0 Å². The fourth-order valence-corrected chi connectivity index (χ4v) is 3.70. The number of nitrogens with one attached hydrogen (secondary N) is 1. The minimum Gasteiger partial charge on any atom is -0.326 e. The van der Waals surface area contributed by atoms with Crippen LogP contribution < -0.4 is 5.32 Å². The number of benzene rings is 1. The second-order valence-corrected chi connectivity index (χ2v) is 7.06. The number of thioether (sulfide) groups is 1. The van der Waals surface area contributed by atoms with Crippen LogP contribution in [0.1, 0.15) is 12.1 Å². The summed E-state index contributed by atoms with van der Waals surface area (Å²) in [7, 11) is 0. The summed E-state index contributed by atoms with van der Waals surface area (Å²) < 4.78 is 0. The number of urea groups is 1. The number of amides is 3. The van der Waals surface area contributed by atoms with E-state index in [4.69, 9.17) is 0 Å². The molecule has 23 heavy (non-hydrogen) atoms. The van der Waals surface area contributed by atoms with Crippen molar-refractivity contribution in [2.75, 3.05) is 12.0 Å². The molecule has 1 aromatic carbocycles. The highest BCUT2D eigenvalue weighted by Crippen LogP contribution is 2.24. The van der Waals surface area contributed by atoms with E-state index in [1.807, 2.05) is 42.0 Å². The van der Waals surface area contributed by atoms with Crippen LogP contribution in [0.25, 0.3) is 10.6 Å². The van der Waals surface area contributed by atoms with Crippen LogP contribution in [0.4, 0.5) is 4.79 Å². The van der Waals surface area contributed by atoms with Crippen molar-refractivity contribution in [3.05, 3.63) is 41.4 Å². The summed E-state index contributed by atoms with van der Waals surface area (Å²) in [6.45, 7) is 0.226. The average Bonchev–Trinajstić information content (AvgIpc) is 3.14. The van der Waals surface area contributed by atoms with Gasteiger partial charge in [0.2, 0.25) is 0 Å². The molecule has 1 unspecified atom stereocenters. The zero-order valence-electron chi connectivity index (χ0n) is 12.7. The molecule has 1 atom stereocenters. The van der Waals surface area contributed by atoms with E-state index in [9.17, 15) is 9.59 Å². The zero-order chi connectivity index (χ0) is 16.2. The molecular weight excluding hydrogens is 330 g/mol. The van der Waals surface area contributed by atoms with Crippen LogP contribution in [0.3, 0.4) is 0 Å². The first kappa shape index (κ1) is 16.0. The van der Waals surface area contributed by atoms with Crippen molar-refractivity contribution in [2.45, 2.75) is 19.0 Å². The molecule has 7 heteroatoms. The molecule has 0 aliphatic carbocycles. The summed E-state index contributed by atoms with van der Waals surface area (Å²) in [6, 6.07) is 9.15. The molecular formula is C16H17N3O2S2. The average molecular weight is 347 g/mol. The Hall–Kier alpha value is -1.86. The molecule has 0 radical (unpaired) electrons. The van der Waals surface area contributed by atoms with Crippen LogP contribution in [0, 0.1) is 0 Å². The Bertz CT molecular complexity index is 702. The first-order valence-corrected chi connectivity index (χ1v) is 9.57. The Morgan fingerprint density at radius 1 is 1.30 bits per heavy atom. The van der Waals surface area contributed by atoms with E-state index in [2.05, 4.69) is 10.3 Å². The Kier molecular flexibility index (Phi) is 4.97. The minimum absolute atomic E-state index is 0.154. The van der Waals surface area contributed by atoms with Gasteiger partial charge in [-0.15, -0.1) is 11.3 Å². The van der Waals surface area contributed by atoms with E-state index in [0.29, 0.717) is 6.42 Å². The van der Waals surface area contributed by atoms with Crippen molar-refractivity contribution in [3.63, 3.8) is 0 Å².